The summed E-state index contributed by atoms with van der Waals surface area (Å²) in [5, 5.41) is 10.5. The first-order chi connectivity index (χ1) is 9.57. The quantitative estimate of drug-likeness (QED) is 0.671. The van der Waals surface area contributed by atoms with E-state index in [1.165, 1.54) is 5.56 Å². The highest BCUT2D eigenvalue weighted by Crippen LogP contribution is 2.36. The molecule has 0 bridgehead atoms. The average Bonchev–Trinajstić information content (AvgIpc) is 2.33. The number of nitrogens with zero attached hydrogens (tertiary/aromatic N) is 1. The van der Waals surface area contributed by atoms with Crippen molar-refractivity contribution >= 4 is 6.21 Å². The molecule has 0 atom stereocenters. The van der Waals surface area contributed by atoms with Gasteiger partial charge in [-0.2, -0.15) is 0 Å². The molecule has 0 amide bonds. The molecule has 0 heterocycles. The summed E-state index contributed by atoms with van der Waals surface area (Å²) in [4.78, 5) is 4.33. The van der Waals surface area contributed by atoms with Crippen molar-refractivity contribution < 1.29 is 9.84 Å². The molecule has 21 heavy (non-hydrogen) atoms. The predicted octanol–water partition coefficient (Wildman–Crippen LogP) is 4.05. The van der Waals surface area contributed by atoms with E-state index in [2.05, 4.69) is 52.6 Å². The second kappa shape index (κ2) is 6.61. The fraction of sp³-hybridized carbons (Fsp3) is 0.611. The Morgan fingerprint density at radius 2 is 1.71 bits per heavy atom. The van der Waals surface area contributed by atoms with Gasteiger partial charge in [0.25, 0.3) is 0 Å². The van der Waals surface area contributed by atoms with Crippen molar-refractivity contribution in [1.29, 1.82) is 0 Å². The van der Waals surface area contributed by atoms with Gasteiger partial charge in [0, 0.05) is 24.5 Å². The first-order valence-corrected chi connectivity index (χ1v) is 7.44. The summed E-state index contributed by atoms with van der Waals surface area (Å²) >= 11 is 0. The second-order valence-corrected chi connectivity index (χ2v) is 7.49. The van der Waals surface area contributed by atoms with Crippen LogP contribution in [0.4, 0.5) is 0 Å². The van der Waals surface area contributed by atoms with Crippen LogP contribution in [-0.2, 0) is 15.6 Å². The van der Waals surface area contributed by atoms with Crippen LogP contribution in [0.1, 0.15) is 58.2 Å². The van der Waals surface area contributed by atoms with Gasteiger partial charge in [-0.3, -0.25) is 4.99 Å². The number of benzene rings is 1. The number of hydrogen-bond donors (Lipinski definition) is 1. The Morgan fingerprint density at radius 3 is 2.19 bits per heavy atom. The van der Waals surface area contributed by atoms with Gasteiger partial charge in [0.1, 0.15) is 5.75 Å². The minimum atomic E-state index is -0.111. The Kier molecular flexibility index (Phi) is 5.57. The van der Waals surface area contributed by atoms with Gasteiger partial charge in [-0.05, 0) is 22.5 Å². The Bertz CT molecular complexity index is 505. The Morgan fingerprint density at radius 1 is 1.10 bits per heavy atom. The van der Waals surface area contributed by atoms with Gasteiger partial charge >= 0.3 is 0 Å². The second-order valence-electron chi connectivity index (χ2n) is 7.49. The number of phenols is 1. The van der Waals surface area contributed by atoms with Crippen molar-refractivity contribution in [2.75, 3.05) is 20.3 Å². The molecule has 0 aliphatic rings. The molecule has 0 aliphatic carbocycles. The van der Waals surface area contributed by atoms with Crippen LogP contribution in [0.15, 0.2) is 17.1 Å². The van der Waals surface area contributed by atoms with Gasteiger partial charge < -0.3 is 9.84 Å². The summed E-state index contributed by atoms with van der Waals surface area (Å²) in [6, 6.07) is 4.14. The summed E-state index contributed by atoms with van der Waals surface area (Å²) in [5.41, 5.74) is 2.87. The summed E-state index contributed by atoms with van der Waals surface area (Å²) in [7, 11) is 1.66. The fourth-order valence-electron chi connectivity index (χ4n) is 2.07. The van der Waals surface area contributed by atoms with E-state index >= 15 is 0 Å². The zero-order valence-electron chi connectivity index (χ0n) is 14.4. The van der Waals surface area contributed by atoms with E-state index in [0.29, 0.717) is 18.9 Å². The van der Waals surface area contributed by atoms with Crippen LogP contribution in [0.5, 0.6) is 5.75 Å². The first-order valence-electron chi connectivity index (χ1n) is 7.44. The van der Waals surface area contributed by atoms with E-state index in [9.17, 15) is 5.11 Å². The number of ether oxygens (including phenoxy) is 1. The number of methoxy groups -OCH3 is 1. The van der Waals surface area contributed by atoms with E-state index in [1.54, 1.807) is 13.3 Å². The van der Waals surface area contributed by atoms with Crippen molar-refractivity contribution in [2.45, 2.75) is 52.4 Å². The number of phenolic OH excluding ortho intramolecular Hbond substituents is 1. The Labute approximate surface area is 129 Å². The summed E-state index contributed by atoms with van der Waals surface area (Å²) in [5.74, 6) is 0.330. The average molecular weight is 291 g/mol. The Hall–Kier alpha value is -1.35. The van der Waals surface area contributed by atoms with Crippen LogP contribution < -0.4 is 0 Å². The van der Waals surface area contributed by atoms with Crippen LogP contribution >= 0.6 is 0 Å². The van der Waals surface area contributed by atoms with Crippen molar-refractivity contribution in [3.8, 4) is 5.75 Å². The van der Waals surface area contributed by atoms with Crippen LogP contribution in [0.25, 0.3) is 0 Å². The van der Waals surface area contributed by atoms with Crippen molar-refractivity contribution in [3.63, 3.8) is 0 Å². The predicted molar refractivity (Wildman–Crippen MR) is 89.8 cm³/mol. The Balaban J connectivity index is 3.32. The lowest BCUT2D eigenvalue weighted by atomic mass is 9.79. The molecule has 1 N–H and O–H groups in total. The number of rotatable bonds is 4. The van der Waals surface area contributed by atoms with Gasteiger partial charge in [-0.15, -0.1) is 0 Å². The number of aliphatic imine (C=N–C) groups is 1. The first kappa shape index (κ1) is 17.7. The van der Waals surface area contributed by atoms with Gasteiger partial charge in [0.2, 0.25) is 0 Å². The minimum absolute atomic E-state index is 0.0306. The minimum Gasteiger partial charge on any atom is -0.507 e. The normalized spacial score (nSPS) is 13.1. The van der Waals surface area contributed by atoms with E-state index in [-0.39, 0.29) is 10.8 Å². The number of aromatic hydroxyl groups is 1. The highest BCUT2D eigenvalue weighted by Gasteiger charge is 2.24. The largest absolute Gasteiger partial charge is 0.507 e. The molecule has 0 saturated carbocycles. The maximum Gasteiger partial charge on any atom is 0.128 e. The molecule has 1 aromatic carbocycles. The van der Waals surface area contributed by atoms with Gasteiger partial charge in [-0.1, -0.05) is 47.6 Å². The van der Waals surface area contributed by atoms with E-state index in [4.69, 9.17) is 4.74 Å². The third-order valence-electron chi connectivity index (χ3n) is 3.47. The van der Waals surface area contributed by atoms with E-state index in [1.807, 2.05) is 6.07 Å². The standard InChI is InChI=1S/C18H29NO2/c1-17(2,3)14-10-13(12-19-8-9-21-7)16(20)15(11-14)18(4,5)6/h10-12,20H,8-9H2,1-7H3. The topological polar surface area (TPSA) is 41.8 Å². The van der Waals surface area contributed by atoms with Gasteiger partial charge in [0.15, 0.2) is 0 Å². The zero-order valence-corrected chi connectivity index (χ0v) is 14.4. The highest BCUT2D eigenvalue weighted by atomic mass is 16.5. The molecule has 3 nitrogen and oxygen atoms in total. The van der Waals surface area contributed by atoms with Crippen molar-refractivity contribution in [2.24, 2.45) is 4.99 Å². The molecule has 1 rings (SSSR count). The van der Waals surface area contributed by atoms with E-state index in [0.717, 1.165) is 11.1 Å². The molecular formula is C18H29NO2. The van der Waals surface area contributed by atoms with E-state index < -0.39 is 0 Å². The summed E-state index contributed by atoms with van der Waals surface area (Å²) < 4.78 is 4.99. The molecule has 0 aliphatic heterocycles. The summed E-state index contributed by atoms with van der Waals surface area (Å²) in [6.07, 6.45) is 1.75. The third kappa shape index (κ3) is 4.85. The smallest absolute Gasteiger partial charge is 0.128 e. The van der Waals surface area contributed by atoms with Gasteiger partial charge in [0.05, 0.1) is 13.2 Å². The molecule has 0 spiro atoms. The molecule has 0 unspecified atom stereocenters. The molecule has 0 radical (unpaired) electrons. The monoisotopic (exact) mass is 291 g/mol. The molecule has 0 aromatic heterocycles. The van der Waals surface area contributed by atoms with Crippen LogP contribution in [-0.4, -0.2) is 31.6 Å². The lowest BCUT2D eigenvalue weighted by Gasteiger charge is -2.26. The third-order valence-corrected chi connectivity index (χ3v) is 3.47. The lowest BCUT2D eigenvalue weighted by molar-refractivity contribution is 0.208. The van der Waals surface area contributed by atoms with Crippen LogP contribution in [0.2, 0.25) is 0 Å². The maximum absolute atomic E-state index is 10.5. The van der Waals surface area contributed by atoms with Crippen molar-refractivity contribution in [3.05, 3.63) is 28.8 Å². The zero-order chi connectivity index (χ0) is 16.3. The maximum atomic E-state index is 10.5. The highest BCUT2D eigenvalue weighted by molar-refractivity contribution is 5.85. The van der Waals surface area contributed by atoms with Crippen molar-refractivity contribution in [1.82, 2.24) is 0 Å². The molecule has 118 valence electrons. The fourth-order valence-corrected chi connectivity index (χ4v) is 2.07. The number of hydrogen-bond acceptors (Lipinski definition) is 3. The molecule has 3 heteroatoms. The molecule has 0 saturated heterocycles. The lowest BCUT2D eigenvalue weighted by Crippen LogP contribution is -2.17. The summed E-state index contributed by atoms with van der Waals surface area (Å²) in [6.45, 7) is 14.1. The molecule has 1 aromatic rings. The SMILES string of the molecule is COCCN=Cc1cc(C(C)(C)C)cc(C(C)(C)C)c1O. The van der Waals surface area contributed by atoms with Gasteiger partial charge in [-0.25, -0.2) is 0 Å². The van der Waals surface area contributed by atoms with Crippen LogP contribution in [0, 0.1) is 0 Å². The van der Waals surface area contributed by atoms with Crippen LogP contribution in [0.3, 0.4) is 0 Å². The molecule has 0 fully saturated rings. The molecular weight excluding hydrogens is 262 g/mol.